The zero-order valence-corrected chi connectivity index (χ0v) is 10.2. The Balaban J connectivity index is 1.95. The fraction of sp³-hybridized carbons (Fsp3) is 0.333. The summed E-state index contributed by atoms with van der Waals surface area (Å²) in [6.07, 6.45) is 5.50. The highest BCUT2D eigenvalue weighted by atomic mass is 16.5. The Morgan fingerprint density at radius 2 is 2.44 bits per heavy atom. The summed E-state index contributed by atoms with van der Waals surface area (Å²) in [5.74, 6) is -0.222. The van der Waals surface area contributed by atoms with Crippen molar-refractivity contribution in [3.63, 3.8) is 0 Å². The van der Waals surface area contributed by atoms with Gasteiger partial charge in [0.05, 0.1) is 6.61 Å². The molecule has 2 rings (SSSR count). The Bertz CT molecular complexity index is 538. The lowest BCUT2D eigenvalue weighted by molar-refractivity contribution is -0.123. The number of methoxy groups -OCH3 is 1. The highest BCUT2D eigenvalue weighted by molar-refractivity contribution is 5.81. The predicted molar refractivity (Wildman–Crippen MR) is 66.9 cm³/mol. The molecule has 0 spiro atoms. The fourth-order valence-corrected chi connectivity index (χ4v) is 1.64. The van der Waals surface area contributed by atoms with Crippen molar-refractivity contribution in [3.05, 3.63) is 36.3 Å². The molecule has 1 unspecified atom stereocenters. The van der Waals surface area contributed by atoms with Gasteiger partial charge in [-0.15, -0.1) is 0 Å². The Kier molecular flexibility index (Phi) is 3.91. The molecule has 96 valence electrons. The molecule has 0 aliphatic carbocycles. The van der Waals surface area contributed by atoms with E-state index >= 15 is 0 Å². The number of fused-ring (bicyclic) bond motifs is 1. The number of ether oxygens (including phenoxy) is 1. The molecule has 2 heterocycles. The van der Waals surface area contributed by atoms with Crippen LogP contribution in [0.15, 0.2) is 30.7 Å². The zero-order valence-electron chi connectivity index (χ0n) is 10.2. The average Bonchev–Trinajstić information content (AvgIpc) is 2.83. The highest BCUT2D eigenvalue weighted by Crippen LogP contribution is 2.05. The van der Waals surface area contributed by atoms with Gasteiger partial charge in [-0.05, 0) is 17.7 Å². The molecule has 0 aliphatic heterocycles. The third-order valence-electron chi connectivity index (χ3n) is 2.61. The first-order valence-electron chi connectivity index (χ1n) is 5.64. The zero-order chi connectivity index (χ0) is 13.0. The van der Waals surface area contributed by atoms with Crippen LogP contribution in [0.1, 0.15) is 5.56 Å². The predicted octanol–water partition coefficient (Wildman–Crippen LogP) is -0.0758. The SMILES string of the molecule is COCC(N)C(=O)NCc1ccn2ccnc2c1. The smallest absolute Gasteiger partial charge is 0.239 e. The monoisotopic (exact) mass is 248 g/mol. The summed E-state index contributed by atoms with van der Waals surface area (Å²) in [5, 5.41) is 2.76. The second-order valence-electron chi connectivity index (χ2n) is 4.01. The van der Waals surface area contributed by atoms with E-state index in [1.165, 1.54) is 7.11 Å². The minimum atomic E-state index is -0.634. The van der Waals surface area contributed by atoms with Crippen LogP contribution in [0.25, 0.3) is 5.65 Å². The van der Waals surface area contributed by atoms with E-state index in [0.717, 1.165) is 11.2 Å². The van der Waals surface area contributed by atoms with Crippen LogP contribution in [0, 0.1) is 0 Å². The van der Waals surface area contributed by atoms with Gasteiger partial charge < -0.3 is 20.2 Å². The summed E-state index contributed by atoms with van der Waals surface area (Å²) in [6.45, 7) is 0.644. The van der Waals surface area contributed by atoms with Crippen molar-refractivity contribution < 1.29 is 9.53 Å². The number of carbonyl (C=O) groups is 1. The van der Waals surface area contributed by atoms with Crippen LogP contribution in [0.4, 0.5) is 0 Å². The van der Waals surface area contributed by atoms with Crippen LogP contribution >= 0.6 is 0 Å². The number of amides is 1. The molecule has 0 aliphatic rings. The molecule has 1 amide bonds. The van der Waals surface area contributed by atoms with Crippen molar-refractivity contribution in [1.82, 2.24) is 14.7 Å². The number of imidazole rings is 1. The van der Waals surface area contributed by atoms with Crippen molar-refractivity contribution in [2.45, 2.75) is 12.6 Å². The van der Waals surface area contributed by atoms with Gasteiger partial charge in [0.15, 0.2) is 0 Å². The molecule has 0 saturated carbocycles. The Morgan fingerprint density at radius 3 is 3.22 bits per heavy atom. The van der Waals surface area contributed by atoms with Gasteiger partial charge in [0.1, 0.15) is 11.7 Å². The number of hydrogen-bond donors (Lipinski definition) is 2. The molecule has 0 saturated heterocycles. The molecular weight excluding hydrogens is 232 g/mol. The molecule has 1 atom stereocenters. The van der Waals surface area contributed by atoms with Gasteiger partial charge in [-0.3, -0.25) is 4.79 Å². The number of carbonyl (C=O) groups excluding carboxylic acids is 1. The maximum atomic E-state index is 11.6. The van der Waals surface area contributed by atoms with E-state index < -0.39 is 6.04 Å². The maximum absolute atomic E-state index is 11.6. The van der Waals surface area contributed by atoms with E-state index in [9.17, 15) is 4.79 Å². The molecule has 18 heavy (non-hydrogen) atoms. The first kappa shape index (κ1) is 12.5. The molecule has 3 N–H and O–H groups in total. The minimum absolute atomic E-state index is 0.213. The van der Waals surface area contributed by atoms with Crippen LogP contribution in [-0.2, 0) is 16.1 Å². The van der Waals surface area contributed by atoms with Crippen LogP contribution < -0.4 is 11.1 Å². The Hall–Kier alpha value is -1.92. The minimum Gasteiger partial charge on any atom is -0.383 e. The molecule has 6 nitrogen and oxygen atoms in total. The summed E-state index contributed by atoms with van der Waals surface area (Å²) < 4.78 is 6.73. The second-order valence-corrected chi connectivity index (χ2v) is 4.01. The van der Waals surface area contributed by atoms with Crippen molar-refractivity contribution in [3.8, 4) is 0 Å². The lowest BCUT2D eigenvalue weighted by Crippen LogP contribution is -2.43. The van der Waals surface area contributed by atoms with E-state index in [-0.39, 0.29) is 12.5 Å². The highest BCUT2D eigenvalue weighted by Gasteiger charge is 2.12. The number of rotatable bonds is 5. The molecule has 2 aromatic rings. The Morgan fingerprint density at radius 1 is 1.61 bits per heavy atom. The molecule has 0 bridgehead atoms. The molecule has 0 radical (unpaired) electrons. The maximum Gasteiger partial charge on any atom is 0.239 e. The fourth-order valence-electron chi connectivity index (χ4n) is 1.64. The Labute approximate surface area is 105 Å². The van der Waals surface area contributed by atoms with Gasteiger partial charge in [-0.1, -0.05) is 0 Å². The van der Waals surface area contributed by atoms with Crippen molar-refractivity contribution >= 4 is 11.6 Å². The number of nitrogens with one attached hydrogen (secondary N) is 1. The van der Waals surface area contributed by atoms with Gasteiger partial charge in [-0.2, -0.15) is 0 Å². The molecule has 6 heteroatoms. The van der Waals surface area contributed by atoms with E-state index in [1.807, 2.05) is 28.9 Å². The quantitative estimate of drug-likeness (QED) is 0.775. The van der Waals surface area contributed by atoms with Crippen LogP contribution in [0.3, 0.4) is 0 Å². The number of pyridine rings is 1. The summed E-state index contributed by atoms with van der Waals surface area (Å²) in [4.78, 5) is 15.8. The largest absolute Gasteiger partial charge is 0.383 e. The second kappa shape index (κ2) is 5.61. The van der Waals surface area contributed by atoms with Gasteiger partial charge in [-0.25, -0.2) is 4.98 Å². The topological polar surface area (TPSA) is 81.6 Å². The van der Waals surface area contributed by atoms with Gasteiger partial charge >= 0.3 is 0 Å². The lowest BCUT2D eigenvalue weighted by atomic mass is 10.2. The van der Waals surface area contributed by atoms with E-state index in [1.54, 1.807) is 6.20 Å². The third kappa shape index (κ3) is 2.85. The van der Waals surface area contributed by atoms with Crippen LogP contribution in [0.2, 0.25) is 0 Å². The summed E-state index contributed by atoms with van der Waals surface area (Å²) in [5.41, 5.74) is 7.44. The number of hydrogen-bond acceptors (Lipinski definition) is 4. The third-order valence-corrected chi connectivity index (χ3v) is 2.61. The van der Waals surface area contributed by atoms with Gasteiger partial charge in [0.2, 0.25) is 5.91 Å². The summed E-state index contributed by atoms with van der Waals surface area (Å²) in [6, 6.07) is 3.21. The number of aromatic nitrogens is 2. The first-order valence-corrected chi connectivity index (χ1v) is 5.64. The molecule has 2 aromatic heterocycles. The normalized spacial score (nSPS) is 12.6. The first-order chi connectivity index (χ1) is 8.70. The van der Waals surface area contributed by atoms with Gasteiger partial charge in [0.25, 0.3) is 0 Å². The average molecular weight is 248 g/mol. The standard InChI is InChI=1S/C12H16N4O2/c1-18-8-10(13)12(17)15-7-9-2-4-16-5-3-14-11(16)6-9/h2-6,10H,7-8,13H2,1H3,(H,15,17). The summed E-state index contributed by atoms with van der Waals surface area (Å²) >= 11 is 0. The van der Waals surface area contributed by atoms with Gasteiger partial charge in [0, 0.05) is 32.2 Å². The van der Waals surface area contributed by atoms with Crippen molar-refractivity contribution in [2.75, 3.05) is 13.7 Å². The number of nitrogens with zero attached hydrogens (tertiary/aromatic N) is 2. The lowest BCUT2D eigenvalue weighted by Gasteiger charge is -2.11. The number of nitrogens with two attached hydrogens (primary N) is 1. The van der Waals surface area contributed by atoms with E-state index in [4.69, 9.17) is 10.5 Å². The molecule has 0 aromatic carbocycles. The van der Waals surface area contributed by atoms with E-state index in [2.05, 4.69) is 10.3 Å². The molecular formula is C12H16N4O2. The van der Waals surface area contributed by atoms with Crippen LogP contribution in [-0.4, -0.2) is 35.1 Å². The van der Waals surface area contributed by atoms with E-state index in [0.29, 0.717) is 6.54 Å². The van der Waals surface area contributed by atoms with Crippen molar-refractivity contribution in [2.24, 2.45) is 5.73 Å². The summed E-state index contributed by atoms with van der Waals surface area (Å²) in [7, 11) is 1.51. The van der Waals surface area contributed by atoms with Crippen LogP contribution in [0.5, 0.6) is 0 Å². The van der Waals surface area contributed by atoms with Crippen molar-refractivity contribution in [1.29, 1.82) is 0 Å². The molecule has 0 fully saturated rings.